The van der Waals surface area contributed by atoms with E-state index in [2.05, 4.69) is 5.10 Å². The second kappa shape index (κ2) is 8.75. The van der Waals surface area contributed by atoms with Crippen molar-refractivity contribution in [2.75, 3.05) is 12.9 Å². The number of nitrogens with zero attached hydrogens (tertiary/aromatic N) is 3. The van der Waals surface area contributed by atoms with Crippen molar-refractivity contribution in [1.82, 2.24) is 14.8 Å². The summed E-state index contributed by atoms with van der Waals surface area (Å²) in [5.41, 5.74) is 2.54. The molecule has 0 amide bonds. The van der Waals surface area contributed by atoms with Gasteiger partial charge < -0.3 is 4.74 Å². The minimum atomic E-state index is 0.0231. The molecule has 6 heteroatoms. The van der Waals surface area contributed by atoms with Crippen molar-refractivity contribution in [1.29, 1.82) is 0 Å². The lowest BCUT2D eigenvalue weighted by molar-refractivity contribution is 0.102. The van der Waals surface area contributed by atoms with Gasteiger partial charge in [-0.3, -0.25) is 4.79 Å². The van der Waals surface area contributed by atoms with E-state index in [4.69, 9.17) is 9.72 Å². The van der Waals surface area contributed by atoms with E-state index in [9.17, 15) is 4.79 Å². The molecule has 4 aromatic rings. The van der Waals surface area contributed by atoms with Gasteiger partial charge in [-0.05, 0) is 36.4 Å². The van der Waals surface area contributed by atoms with Gasteiger partial charge in [-0.2, -0.15) is 0 Å². The van der Waals surface area contributed by atoms with E-state index in [-0.39, 0.29) is 11.5 Å². The molecule has 144 valence electrons. The summed E-state index contributed by atoms with van der Waals surface area (Å²) in [5.74, 6) is 1.76. The molecule has 0 unspecified atom stereocenters. The number of hydrogen-bond donors (Lipinski definition) is 0. The fraction of sp³-hybridized carbons (Fsp3) is 0.0870. The highest BCUT2D eigenvalue weighted by Gasteiger charge is 2.15. The first-order valence-electron chi connectivity index (χ1n) is 9.12. The molecule has 5 nitrogen and oxygen atoms in total. The predicted octanol–water partition coefficient (Wildman–Crippen LogP) is 4.92. The van der Waals surface area contributed by atoms with Gasteiger partial charge in [0.25, 0.3) is 0 Å². The van der Waals surface area contributed by atoms with Gasteiger partial charge in [0.2, 0.25) is 5.16 Å². The molecule has 0 fully saturated rings. The van der Waals surface area contributed by atoms with Crippen molar-refractivity contribution in [3.8, 4) is 22.8 Å². The fourth-order valence-corrected chi connectivity index (χ4v) is 3.59. The van der Waals surface area contributed by atoms with Crippen LogP contribution < -0.4 is 4.74 Å². The van der Waals surface area contributed by atoms with Crippen LogP contribution in [0.4, 0.5) is 0 Å². The number of Topliss-reactive ketones (excluding diaryl/α,β-unsaturated/α-hetero) is 1. The SMILES string of the molecule is COc1ccc(C(=O)CSc2nc(-c3ccccc3)n(-c3ccccc3)n2)cc1. The number of hydrogen-bond acceptors (Lipinski definition) is 5. The van der Waals surface area contributed by atoms with Crippen molar-refractivity contribution in [3.05, 3.63) is 90.5 Å². The Morgan fingerprint density at radius 3 is 2.24 bits per heavy atom. The minimum Gasteiger partial charge on any atom is -0.497 e. The zero-order valence-corrected chi connectivity index (χ0v) is 16.7. The summed E-state index contributed by atoms with van der Waals surface area (Å²) in [6.07, 6.45) is 0. The first-order valence-corrected chi connectivity index (χ1v) is 10.1. The quantitative estimate of drug-likeness (QED) is 0.325. The fourth-order valence-electron chi connectivity index (χ4n) is 2.87. The summed E-state index contributed by atoms with van der Waals surface area (Å²) in [4.78, 5) is 17.2. The van der Waals surface area contributed by atoms with Crippen LogP contribution in [0.2, 0.25) is 0 Å². The van der Waals surface area contributed by atoms with Gasteiger partial charge in [0.05, 0.1) is 18.6 Å². The summed E-state index contributed by atoms with van der Waals surface area (Å²) in [6, 6.07) is 26.9. The van der Waals surface area contributed by atoms with Crippen LogP contribution in [0.25, 0.3) is 17.1 Å². The summed E-state index contributed by atoms with van der Waals surface area (Å²) in [7, 11) is 1.60. The topological polar surface area (TPSA) is 57.0 Å². The predicted molar refractivity (Wildman–Crippen MR) is 115 cm³/mol. The van der Waals surface area contributed by atoms with Crippen molar-refractivity contribution >= 4 is 17.5 Å². The van der Waals surface area contributed by atoms with E-state index >= 15 is 0 Å². The van der Waals surface area contributed by atoms with Gasteiger partial charge >= 0.3 is 0 Å². The summed E-state index contributed by atoms with van der Waals surface area (Å²) in [5, 5.41) is 5.21. The van der Waals surface area contributed by atoms with Crippen LogP contribution in [0.15, 0.2) is 90.1 Å². The van der Waals surface area contributed by atoms with Gasteiger partial charge in [0.1, 0.15) is 5.75 Å². The molecule has 0 bridgehead atoms. The van der Waals surface area contributed by atoms with Crippen LogP contribution in [0.3, 0.4) is 0 Å². The Morgan fingerprint density at radius 1 is 0.931 bits per heavy atom. The van der Waals surface area contributed by atoms with Crippen LogP contribution in [-0.4, -0.2) is 33.4 Å². The highest BCUT2D eigenvalue weighted by molar-refractivity contribution is 7.99. The lowest BCUT2D eigenvalue weighted by Crippen LogP contribution is -2.02. The second-order valence-corrected chi connectivity index (χ2v) is 7.21. The molecule has 0 radical (unpaired) electrons. The molecular weight excluding hydrogens is 382 g/mol. The largest absolute Gasteiger partial charge is 0.497 e. The van der Waals surface area contributed by atoms with Crippen LogP contribution >= 0.6 is 11.8 Å². The molecule has 1 aromatic heterocycles. The number of ketones is 1. The molecule has 0 N–H and O–H groups in total. The molecule has 0 atom stereocenters. The molecular formula is C23H19N3O2S. The van der Waals surface area contributed by atoms with E-state index in [1.807, 2.05) is 65.3 Å². The first-order chi connectivity index (χ1) is 14.2. The van der Waals surface area contributed by atoms with Crippen LogP contribution in [0.1, 0.15) is 10.4 Å². The van der Waals surface area contributed by atoms with E-state index in [1.54, 1.807) is 31.4 Å². The molecule has 0 spiro atoms. The van der Waals surface area contributed by atoms with Crippen LogP contribution in [0, 0.1) is 0 Å². The normalized spacial score (nSPS) is 10.7. The number of aromatic nitrogens is 3. The molecule has 0 aliphatic rings. The smallest absolute Gasteiger partial charge is 0.209 e. The van der Waals surface area contributed by atoms with E-state index in [1.165, 1.54) is 11.8 Å². The van der Waals surface area contributed by atoms with E-state index < -0.39 is 0 Å². The lowest BCUT2D eigenvalue weighted by Gasteiger charge is -2.05. The minimum absolute atomic E-state index is 0.0231. The lowest BCUT2D eigenvalue weighted by atomic mass is 10.1. The third kappa shape index (κ3) is 4.38. The van der Waals surface area contributed by atoms with Crippen molar-refractivity contribution < 1.29 is 9.53 Å². The zero-order chi connectivity index (χ0) is 20.1. The van der Waals surface area contributed by atoms with Gasteiger partial charge in [-0.25, -0.2) is 9.67 Å². The Morgan fingerprint density at radius 2 is 1.59 bits per heavy atom. The molecule has 1 heterocycles. The highest BCUT2D eigenvalue weighted by atomic mass is 32.2. The molecule has 0 aliphatic heterocycles. The van der Waals surface area contributed by atoms with Crippen LogP contribution in [0.5, 0.6) is 5.75 Å². The third-order valence-corrected chi connectivity index (χ3v) is 5.20. The number of rotatable bonds is 7. The molecule has 0 saturated heterocycles. The Hall–Kier alpha value is -3.38. The standard InChI is InChI=1S/C23H19N3O2S/c1-28-20-14-12-17(13-15-20)21(27)16-29-23-24-22(18-8-4-2-5-9-18)26(25-23)19-10-6-3-7-11-19/h2-15H,16H2,1H3. The molecule has 0 aliphatic carbocycles. The summed E-state index contributed by atoms with van der Waals surface area (Å²) < 4.78 is 6.95. The average molecular weight is 401 g/mol. The number of benzene rings is 3. The van der Waals surface area contributed by atoms with Gasteiger partial charge in [0, 0.05) is 11.1 Å². The monoisotopic (exact) mass is 401 g/mol. The second-order valence-electron chi connectivity index (χ2n) is 6.27. The van der Waals surface area contributed by atoms with Crippen LogP contribution in [-0.2, 0) is 0 Å². The number of thioether (sulfide) groups is 1. The van der Waals surface area contributed by atoms with Crippen molar-refractivity contribution in [3.63, 3.8) is 0 Å². The molecule has 0 saturated carbocycles. The molecule has 3 aromatic carbocycles. The van der Waals surface area contributed by atoms with Crippen molar-refractivity contribution in [2.24, 2.45) is 0 Å². The first kappa shape index (κ1) is 19.0. The Balaban J connectivity index is 1.58. The Kier molecular flexibility index (Phi) is 5.72. The molecule has 4 rings (SSSR count). The number of ether oxygens (including phenoxy) is 1. The number of methoxy groups -OCH3 is 1. The zero-order valence-electron chi connectivity index (χ0n) is 15.9. The summed E-state index contributed by atoms with van der Waals surface area (Å²) >= 11 is 1.33. The summed E-state index contributed by atoms with van der Waals surface area (Å²) in [6.45, 7) is 0. The van der Waals surface area contributed by atoms with Gasteiger partial charge in [-0.15, -0.1) is 5.10 Å². The van der Waals surface area contributed by atoms with E-state index in [0.717, 1.165) is 22.8 Å². The Bertz CT molecular complexity index is 1040. The van der Waals surface area contributed by atoms with Crippen molar-refractivity contribution in [2.45, 2.75) is 5.16 Å². The highest BCUT2D eigenvalue weighted by Crippen LogP contribution is 2.25. The number of carbonyl (C=O) groups is 1. The molecule has 29 heavy (non-hydrogen) atoms. The maximum Gasteiger partial charge on any atom is 0.209 e. The van der Waals surface area contributed by atoms with E-state index in [0.29, 0.717) is 10.7 Å². The number of para-hydroxylation sites is 1. The van der Waals surface area contributed by atoms with Gasteiger partial charge in [-0.1, -0.05) is 60.3 Å². The van der Waals surface area contributed by atoms with Gasteiger partial charge in [0.15, 0.2) is 11.6 Å². The Labute approximate surface area is 173 Å². The maximum absolute atomic E-state index is 12.5. The maximum atomic E-state index is 12.5. The number of carbonyl (C=O) groups excluding carboxylic acids is 1. The third-order valence-electron chi connectivity index (χ3n) is 4.36. The average Bonchev–Trinajstić information content (AvgIpc) is 3.23.